The van der Waals surface area contributed by atoms with Gasteiger partial charge in [0.2, 0.25) is 0 Å². The molecule has 5 heteroatoms. The number of aryl methyl sites for hydroxylation is 1. The summed E-state index contributed by atoms with van der Waals surface area (Å²) >= 11 is 0. The number of hydrogen-bond donors (Lipinski definition) is 0. The van der Waals surface area contributed by atoms with E-state index in [2.05, 4.69) is 45.6 Å². The molecule has 0 unspecified atom stereocenters. The molecular weight excluding hydrogens is 370 g/mol. The van der Waals surface area contributed by atoms with E-state index < -0.39 is 0 Å². The number of rotatable bonds is 3. The Morgan fingerprint density at radius 2 is 1.90 bits per heavy atom. The maximum Gasteiger partial charge on any atom is 0.117 e. The first-order chi connectivity index (χ1) is 14.8. The van der Waals surface area contributed by atoms with E-state index in [9.17, 15) is 0 Å². The van der Waals surface area contributed by atoms with Gasteiger partial charge in [0.05, 0.1) is 34.3 Å². The van der Waals surface area contributed by atoms with Crippen LogP contribution in [0.4, 0.5) is 0 Å². The highest BCUT2D eigenvalue weighted by Gasteiger charge is 2.26. The molecule has 0 saturated heterocycles. The third kappa shape index (κ3) is 2.70. The average molecular weight is 391 g/mol. The maximum absolute atomic E-state index is 5.07. The van der Waals surface area contributed by atoms with Gasteiger partial charge in [-0.05, 0) is 49.6 Å². The van der Waals surface area contributed by atoms with Crippen molar-refractivity contribution in [2.24, 2.45) is 0 Å². The molecule has 0 spiro atoms. The molecule has 146 valence electrons. The van der Waals surface area contributed by atoms with Gasteiger partial charge in [-0.15, -0.1) is 0 Å². The number of imidazole rings is 1. The Morgan fingerprint density at radius 3 is 2.70 bits per heavy atom. The molecular formula is C25H21N5. The van der Waals surface area contributed by atoms with Gasteiger partial charge >= 0.3 is 0 Å². The third-order valence-corrected chi connectivity index (χ3v) is 6.16. The lowest BCUT2D eigenvalue weighted by Gasteiger charge is -2.23. The van der Waals surface area contributed by atoms with Crippen LogP contribution in [-0.2, 0) is 0 Å². The van der Waals surface area contributed by atoms with Crippen LogP contribution in [0, 0.1) is 6.92 Å². The molecule has 1 fully saturated rings. The Kier molecular flexibility index (Phi) is 3.88. The van der Waals surface area contributed by atoms with Gasteiger partial charge in [0.1, 0.15) is 5.82 Å². The monoisotopic (exact) mass is 391 g/mol. The summed E-state index contributed by atoms with van der Waals surface area (Å²) in [6.07, 6.45) is 11.3. The summed E-state index contributed by atoms with van der Waals surface area (Å²) in [5, 5.41) is 1.15. The summed E-state index contributed by atoms with van der Waals surface area (Å²) in [5.41, 5.74) is 7.04. The SMILES string of the molecule is Cc1cc(-c2ccccn2)nc2cc(-c3nc(C4CCC4)n4ccncc34)ccc12. The van der Waals surface area contributed by atoms with Crippen LogP contribution in [0.1, 0.15) is 36.6 Å². The number of hydrogen-bond acceptors (Lipinski definition) is 4. The molecule has 1 saturated carbocycles. The molecule has 5 nitrogen and oxygen atoms in total. The first kappa shape index (κ1) is 17.3. The Morgan fingerprint density at radius 1 is 0.967 bits per heavy atom. The van der Waals surface area contributed by atoms with Crippen LogP contribution in [0.5, 0.6) is 0 Å². The van der Waals surface area contributed by atoms with Crippen molar-refractivity contribution in [1.82, 2.24) is 24.3 Å². The molecule has 1 aromatic carbocycles. The molecule has 4 heterocycles. The number of nitrogens with zero attached hydrogens (tertiary/aromatic N) is 5. The van der Waals surface area contributed by atoms with E-state index in [4.69, 9.17) is 9.97 Å². The fourth-order valence-electron chi connectivity index (χ4n) is 4.32. The smallest absolute Gasteiger partial charge is 0.117 e. The van der Waals surface area contributed by atoms with Crippen molar-refractivity contribution in [3.8, 4) is 22.6 Å². The van der Waals surface area contributed by atoms with E-state index in [1.807, 2.05) is 36.8 Å². The van der Waals surface area contributed by atoms with Crippen molar-refractivity contribution in [3.63, 3.8) is 0 Å². The van der Waals surface area contributed by atoms with Gasteiger partial charge < -0.3 is 0 Å². The van der Waals surface area contributed by atoms with Crippen molar-refractivity contribution in [2.75, 3.05) is 0 Å². The van der Waals surface area contributed by atoms with Gasteiger partial charge in [-0.3, -0.25) is 14.4 Å². The minimum atomic E-state index is 0.547. The van der Waals surface area contributed by atoms with Crippen LogP contribution >= 0.6 is 0 Å². The second kappa shape index (κ2) is 6.73. The number of aromatic nitrogens is 5. The maximum atomic E-state index is 5.07. The van der Waals surface area contributed by atoms with E-state index in [1.165, 1.54) is 24.8 Å². The van der Waals surface area contributed by atoms with Crippen LogP contribution < -0.4 is 0 Å². The van der Waals surface area contributed by atoms with Crippen LogP contribution in [0.2, 0.25) is 0 Å². The summed E-state index contributed by atoms with van der Waals surface area (Å²) in [7, 11) is 0. The summed E-state index contributed by atoms with van der Waals surface area (Å²) in [4.78, 5) is 18.8. The predicted octanol–water partition coefficient (Wildman–Crippen LogP) is 5.58. The van der Waals surface area contributed by atoms with Crippen molar-refractivity contribution in [2.45, 2.75) is 32.1 Å². The molecule has 0 aliphatic heterocycles. The largest absolute Gasteiger partial charge is 0.300 e. The van der Waals surface area contributed by atoms with Crippen molar-refractivity contribution in [3.05, 3.63) is 78.6 Å². The van der Waals surface area contributed by atoms with Crippen LogP contribution in [0.3, 0.4) is 0 Å². The Bertz CT molecular complexity index is 1380. The fraction of sp³-hybridized carbons (Fsp3) is 0.200. The number of pyridine rings is 2. The highest BCUT2D eigenvalue weighted by Crippen LogP contribution is 2.38. The van der Waals surface area contributed by atoms with Crippen LogP contribution in [0.25, 0.3) is 39.1 Å². The Balaban J connectivity index is 1.54. The highest BCUT2D eigenvalue weighted by molar-refractivity contribution is 5.90. The minimum absolute atomic E-state index is 0.547. The predicted molar refractivity (Wildman–Crippen MR) is 118 cm³/mol. The molecule has 5 aromatic rings. The van der Waals surface area contributed by atoms with Crippen molar-refractivity contribution in [1.29, 1.82) is 0 Å². The molecule has 0 N–H and O–H groups in total. The lowest BCUT2D eigenvalue weighted by molar-refractivity contribution is 0.400. The normalized spacial score (nSPS) is 14.3. The van der Waals surface area contributed by atoms with Crippen LogP contribution in [0.15, 0.2) is 67.3 Å². The topological polar surface area (TPSA) is 56.0 Å². The summed E-state index contributed by atoms with van der Waals surface area (Å²) < 4.78 is 2.21. The number of fused-ring (bicyclic) bond motifs is 2. The van der Waals surface area contributed by atoms with E-state index in [0.29, 0.717) is 5.92 Å². The van der Waals surface area contributed by atoms with Gasteiger partial charge in [-0.2, -0.15) is 0 Å². The zero-order chi connectivity index (χ0) is 20.1. The first-order valence-corrected chi connectivity index (χ1v) is 10.4. The van der Waals surface area contributed by atoms with E-state index in [1.54, 1.807) is 6.20 Å². The average Bonchev–Trinajstić information content (AvgIpc) is 3.12. The highest BCUT2D eigenvalue weighted by atomic mass is 15.0. The summed E-state index contributed by atoms with van der Waals surface area (Å²) in [6, 6.07) is 14.5. The molecule has 0 bridgehead atoms. The van der Waals surface area contributed by atoms with Crippen molar-refractivity contribution >= 4 is 16.4 Å². The second-order valence-electron chi connectivity index (χ2n) is 8.05. The van der Waals surface area contributed by atoms with E-state index >= 15 is 0 Å². The lowest BCUT2D eigenvalue weighted by Crippen LogP contribution is -2.12. The molecule has 4 aromatic heterocycles. The minimum Gasteiger partial charge on any atom is -0.300 e. The molecule has 30 heavy (non-hydrogen) atoms. The lowest BCUT2D eigenvalue weighted by atomic mass is 9.85. The molecule has 0 atom stereocenters. The first-order valence-electron chi connectivity index (χ1n) is 10.4. The number of benzene rings is 1. The summed E-state index contributed by atoms with van der Waals surface area (Å²) in [6.45, 7) is 2.13. The quantitative estimate of drug-likeness (QED) is 0.403. The van der Waals surface area contributed by atoms with Gasteiger partial charge in [0.25, 0.3) is 0 Å². The summed E-state index contributed by atoms with van der Waals surface area (Å²) in [5.74, 6) is 1.70. The molecule has 0 amide bonds. The third-order valence-electron chi connectivity index (χ3n) is 6.16. The van der Waals surface area contributed by atoms with Crippen molar-refractivity contribution < 1.29 is 0 Å². The van der Waals surface area contributed by atoms with Crippen LogP contribution in [-0.4, -0.2) is 24.3 Å². The van der Waals surface area contributed by atoms with Gasteiger partial charge in [0.15, 0.2) is 0 Å². The fourth-order valence-corrected chi connectivity index (χ4v) is 4.32. The van der Waals surface area contributed by atoms with Gasteiger partial charge in [0, 0.05) is 35.5 Å². The molecule has 1 aliphatic rings. The standard InChI is InChI=1S/C25H21N5/c1-16-13-22(20-7-2-3-10-27-20)28-21-14-18(8-9-19(16)21)24-23-15-26-11-12-30(23)25(29-24)17-5-4-6-17/h2-3,7-15,17H,4-6H2,1H3. The second-order valence-corrected chi connectivity index (χ2v) is 8.05. The zero-order valence-electron chi connectivity index (χ0n) is 16.8. The van der Waals surface area contributed by atoms with Gasteiger partial charge in [-0.25, -0.2) is 9.97 Å². The Hall–Kier alpha value is -3.60. The van der Waals surface area contributed by atoms with Gasteiger partial charge in [-0.1, -0.05) is 24.6 Å². The van der Waals surface area contributed by atoms with E-state index in [0.717, 1.165) is 44.9 Å². The Labute approximate surface area is 174 Å². The zero-order valence-corrected chi connectivity index (χ0v) is 16.8. The molecule has 0 radical (unpaired) electrons. The molecule has 1 aliphatic carbocycles. The molecule has 6 rings (SSSR count). The van der Waals surface area contributed by atoms with E-state index in [-0.39, 0.29) is 0 Å².